The van der Waals surface area contributed by atoms with Gasteiger partial charge in [0.15, 0.2) is 5.82 Å². The van der Waals surface area contributed by atoms with Crippen LogP contribution in [-0.4, -0.2) is 15.0 Å². The van der Waals surface area contributed by atoms with E-state index in [1.807, 2.05) is 0 Å². The molecular weight excluding hydrogens is 221 g/mol. The van der Waals surface area contributed by atoms with E-state index in [4.69, 9.17) is 24.6 Å². The van der Waals surface area contributed by atoms with Crippen molar-refractivity contribution in [2.75, 3.05) is 0 Å². The number of aromatic nitrogens is 3. The van der Waals surface area contributed by atoms with Crippen LogP contribution in [0, 0.1) is 0 Å². The van der Waals surface area contributed by atoms with E-state index in [-0.39, 0.29) is 6.04 Å². The number of nitrogens with zero attached hydrogens (tertiary/aromatic N) is 3. The molecule has 1 heterocycles. The largest absolute Gasteiger partial charge is 0.225 e. The van der Waals surface area contributed by atoms with Crippen LogP contribution < -0.4 is 0 Å². The molecule has 0 saturated carbocycles. The summed E-state index contributed by atoms with van der Waals surface area (Å²) >= 11 is 11.7. The third-order valence-corrected chi connectivity index (χ3v) is 2.09. The second-order valence-electron chi connectivity index (χ2n) is 2.50. The van der Waals surface area contributed by atoms with E-state index in [1.54, 1.807) is 6.07 Å². The van der Waals surface area contributed by atoms with Gasteiger partial charge in [-0.15, -0.1) is 0 Å². The lowest BCUT2D eigenvalue weighted by Gasteiger charge is -2.01. The molecule has 70 valence electrons. The molecule has 0 N–H and O–H groups in total. The smallest absolute Gasteiger partial charge is 0.164 e. The number of halogens is 2. The number of hydrogen-bond donors (Lipinski definition) is 0. The molecule has 5 heteroatoms. The Labute approximate surface area is 92.2 Å². The summed E-state index contributed by atoms with van der Waals surface area (Å²) in [6.45, 7) is 0. The van der Waals surface area contributed by atoms with Gasteiger partial charge in [0.1, 0.15) is 12.7 Å². The average molecular weight is 227 g/mol. The molecule has 1 aromatic heterocycles. The van der Waals surface area contributed by atoms with E-state index in [1.165, 1.54) is 18.7 Å². The third kappa shape index (κ3) is 1.84. The maximum Gasteiger partial charge on any atom is 0.164 e. The molecule has 0 aliphatic heterocycles. The first-order chi connectivity index (χ1) is 7.18. The summed E-state index contributed by atoms with van der Waals surface area (Å²) in [5.41, 5.74) is 0.462. The molecular formula is C9H5Cl2N3. The lowest BCUT2D eigenvalue weighted by atomic mass is 10.2. The highest BCUT2D eigenvalue weighted by atomic mass is 35.5. The van der Waals surface area contributed by atoms with Gasteiger partial charge in [-0.25, -0.2) is 15.0 Å². The molecule has 0 atom stereocenters. The van der Waals surface area contributed by atoms with Crippen molar-refractivity contribution in [3.8, 4) is 11.4 Å². The van der Waals surface area contributed by atoms with Crippen LogP contribution in [0.2, 0.25) is 10.0 Å². The fraction of sp³-hybridized carbons (Fsp3) is 0. The van der Waals surface area contributed by atoms with E-state index in [0.717, 1.165) is 0 Å². The van der Waals surface area contributed by atoms with Gasteiger partial charge in [0.05, 0.1) is 6.39 Å². The van der Waals surface area contributed by atoms with Crippen molar-refractivity contribution in [1.29, 1.82) is 0 Å². The van der Waals surface area contributed by atoms with Crippen LogP contribution in [0.1, 0.15) is 1.37 Å². The van der Waals surface area contributed by atoms with Crippen LogP contribution >= 0.6 is 23.2 Å². The van der Waals surface area contributed by atoms with Crippen molar-refractivity contribution in [3.05, 3.63) is 40.9 Å². The van der Waals surface area contributed by atoms with Crippen LogP contribution in [0.5, 0.6) is 0 Å². The maximum absolute atomic E-state index is 7.72. The summed E-state index contributed by atoms with van der Waals surface area (Å²) in [5.74, 6) is 0.372. The zero-order valence-electron chi connectivity index (χ0n) is 7.91. The Bertz CT molecular complexity index is 467. The number of hydrogen-bond acceptors (Lipinski definition) is 3. The molecule has 3 nitrogen and oxygen atoms in total. The molecule has 0 bridgehead atoms. The van der Waals surface area contributed by atoms with Crippen molar-refractivity contribution in [2.45, 2.75) is 0 Å². The third-order valence-electron chi connectivity index (χ3n) is 1.57. The standard InChI is InChI=1S/C9H5Cl2N3/c10-6-1-2-7(8(11)3-6)9-13-4-12-5-14-9/h1-5H/i2D. The van der Waals surface area contributed by atoms with Gasteiger partial charge in [-0.1, -0.05) is 23.2 Å². The summed E-state index contributed by atoms with van der Waals surface area (Å²) < 4.78 is 7.72. The first-order valence-corrected chi connectivity index (χ1v) is 4.52. The van der Waals surface area contributed by atoms with Gasteiger partial charge in [0.2, 0.25) is 0 Å². The lowest BCUT2D eigenvalue weighted by molar-refractivity contribution is 1.06. The molecule has 0 unspecified atom stereocenters. The monoisotopic (exact) mass is 226 g/mol. The predicted octanol–water partition coefficient (Wildman–Crippen LogP) is 2.85. The molecule has 0 amide bonds. The fourth-order valence-electron chi connectivity index (χ4n) is 0.985. The highest BCUT2D eigenvalue weighted by molar-refractivity contribution is 6.36. The Morgan fingerprint density at radius 3 is 2.57 bits per heavy atom. The van der Waals surface area contributed by atoms with E-state index in [2.05, 4.69) is 15.0 Å². The van der Waals surface area contributed by atoms with E-state index >= 15 is 0 Å². The highest BCUT2D eigenvalue weighted by Crippen LogP contribution is 2.27. The number of rotatable bonds is 1. The van der Waals surface area contributed by atoms with Gasteiger partial charge < -0.3 is 0 Å². The van der Waals surface area contributed by atoms with Gasteiger partial charge >= 0.3 is 0 Å². The first-order valence-electron chi connectivity index (χ1n) is 4.26. The van der Waals surface area contributed by atoms with E-state index in [0.29, 0.717) is 21.4 Å². The van der Waals surface area contributed by atoms with Gasteiger partial charge in [0, 0.05) is 10.6 Å². The van der Waals surface area contributed by atoms with Gasteiger partial charge in [-0.05, 0) is 18.2 Å². The van der Waals surface area contributed by atoms with Crippen molar-refractivity contribution in [1.82, 2.24) is 15.0 Å². The van der Waals surface area contributed by atoms with Gasteiger partial charge in [0.25, 0.3) is 0 Å². The van der Waals surface area contributed by atoms with E-state index in [9.17, 15) is 0 Å². The Kier molecular flexibility index (Phi) is 2.27. The summed E-state index contributed by atoms with van der Waals surface area (Å²) in [4.78, 5) is 11.6. The molecule has 0 aliphatic carbocycles. The van der Waals surface area contributed by atoms with Gasteiger partial charge in [-0.2, -0.15) is 0 Å². The lowest BCUT2D eigenvalue weighted by Crippen LogP contribution is -1.89. The molecule has 0 aliphatic rings. The summed E-state index contributed by atoms with van der Waals surface area (Å²) in [6, 6.07) is 3.24. The highest BCUT2D eigenvalue weighted by Gasteiger charge is 2.05. The van der Waals surface area contributed by atoms with Crippen LogP contribution in [0.4, 0.5) is 0 Å². The molecule has 1 aromatic carbocycles. The quantitative estimate of drug-likeness (QED) is 0.751. The van der Waals surface area contributed by atoms with Crippen LogP contribution in [0.3, 0.4) is 0 Å². The van der Waals surface area contributed by atoms with Crippen LogP contribution in [0.25, 0.3) is 11.4 Å². The zero-order chi connectivity index (χ0) is 10.8. The molecule has 2 rings (SSSR count). The van der Waals surface area contributed by atoms with Crippen molar-refractivity contribution in [2.24, 2.45) is 0 Å². The van der Waals surface area contributed by atoms with Crippen molar-refractivity contribution < 1.29 is 1.37 Å². The topological polar surface area (TPSA) is 38.7 Å². The Morgan fingerprint density at radius 1 is 1.21 bits per heavy atom. The minimum Gasteiger partial charge on any atom is -0.225 e. The molecule has 0 fully saturated rings. The normalized spacial score (nSPS) is 11.1. The minimum absolute atomic E-state index is 0.193. The summed E-state index contributed by atoms with van der Waals surface area (Å²) in [6.07, 6.45) is 2.71. The molecule has 14 heavy (non-hydrogen) atoms. The Balaban J connectivity index is 2.64. The average Bonchev–Trinajstić information content (AvgIpc) is 2.17. The van der Waals surface area contributed by atoms with E-state index < -0.39 is 0 Å². The fourth-order valence-corrected chi connectivity index (χ4v) is 1.46. The van der Waals surface area contributed by atoms with Crippen molar-refractivity contribution >= 4 is 23.2 Å². The predicted molar refractivity (Wildman–Crippen MR) is 55.3 cm³/mol. The Hall–Kier alpha value is -1.19. The maximum atomic E-state index is 7.72. The molecule has 0 saturated heterocycles. The number of benzene rings is 1. The second-order valence-corrected chi connectivity index (χ2v) is 3.35. The van der Waals surface area contributed by atoms with Crippen molar-refractivity contribution in [3.63, 3.8) is 0 Å². The first kappa shape index (κ1) is 8.15. The SMILES string of the molecule is [2H]c1cc(Cl)cc(Cl)c1-c1ncncn1. The molecule has 2 aromatic rings. The van der Waals surface area contributed by atoms with Gasteiger partial charge in [-0.3, -0.25) is 0 Å². The second kappa shape index (κ2) is 3.90. The summed E-state index contributed by atoms with van der Waals surface area (Å²) in [5, 5.41) is 0.779. The Morgan fingerprint density at radius 2 is 1.93 bits per heavy atom. The zero-order valence-corrected chi connectivity index (χ0v) is 8.42. The van der Waals surface area contributed by atoms with Crippen LogP contribution in [-0.2, 0) is 0 Å². The molecule has 0 spiro atoms. The summed E-state index contributed by atoms with van der Waals surface area (Å²) in [7, 11) is 0. The van der Waals surface area contributed by atoms with Crippen LogP contribution in [0.15, 0.2) is 30.8 Å². The minimum atomic E-state index is 0.193. The molecule has 0 radical (unpaired) electrons.